The number of hydrogen-bond acceptors (Lipinski definition) is 3. The van der Waals surface area contributed by atoms with E-state index in [4.69, 9.17) is 4.42 Å². The zero-order valence-electron chi connectivity index (χ0n) is 10.3. The van der Waals surface area contributed by atoms with E-state index in [1.807, 2.05) is 14.0 Å². The number of nitrogens with zero attached hydrogens (tertiary/aromatic N) is 1. The molecule has 0 spiro atoms. The zero-order chi connectivity index (χ0) is 12.4. The molecule has 94 valence electrons. The summed E-state index contributed by atoms with van der Waals surface area (Å²) < 4.78 is 5.34. The first-order valence-corrected chi connectivity index (χ1v) is 6.09. The molecule has 1 amide bonds. The first kappa shape index (κ1) is 12.2. The molecule has 1 aromatic rings. The second-order valence-electron chi connectivity index (χ2n) is 4.79. The largest absolute Gasteiger partial charge is 0.456 e. The van der Waals surface area contributed by atoms with E-state index in [0.29, 0.717) is 5.76 Å². The van der Waals surface area contributed by atoms with Crippen molar-refractivity contribution in [2.24, 2.45) is 0 Å². The summed E-state index contributed by atoms with van der Waals surface area (Å²) in [6.07, 6.45) is 3.09. The van der Waals surface area contributed by atoms with E-state index in [9.17, 15) is 9.90 Å². The Morgan fingerprint density at radius 2 is 2.00 bits per heavy atom. The predicted molar refractivity (Wildman–Crippen MR) is 63.8 cm³/mol. The van der Waals surface area contributed by atoms with E-state index >= 15 is 0 Å². The lowest BCUT2D eigenvalue weighted by Crippen LogP contribution is -2.40. The summed E-state index contributed by atoms with van der Waals surface area (Å²) in [5.41, 5.74) is 0. The van der Waals surface area contributed by atoms with Crippen LogP contribution in [0.1, 0.15) is 42.0 Å². The van der Waals surface area contributed by atoms with Gasteiger partial charge >= 0.3 is 0 Å². The third-order valence-corrected chi connectivity index (χ3v) is 3.49. The highest BCUT2D eigenvalue weighted by Gasteiger charge is 2.27. The number of rotatable bonds is 2. The molecule has 0 atom stereocenters. The lowest BCUT2D eigenvalue weighted by Gasteiger charge is -2.32. The second kappa shape index (κ2) is 4.92. The van der Waals surface area contributed by atoms with Gasteiger partial charge in [0.05, 0.1) is 6.10 Å². The normalized spacial score (nSPS) is 24.6. The van der Waals surface area contributed by atoms with Crippen molar-refractivity contribution >= 4 is 5.91 Å². The highest BCUT2D eigenvalue weighted by atomic mass is 16.3. The van der Waals surface area contributed by atoms with Crippen LogP contribution in [-0.2, 0) is 0 Å². The maximum Gasteiger partial charge on any atom is 0.289 e. The van der Waals surface area contributed by atoms with E-state index in [2.05, 4.69) is 0 Å². The minimum atomic E-state index is -0.194. The van der Waals surface area contributed by atoms with Crippen molar-refractivity contribution in [1.82, 2.24) is 4.90 Å². The SMILES string of the molecule is Cc1ccc(C(=O)N(C)C2CCC(O)CC2)o1. The summed E-state index contributed by atoms with van der Waals surface area (Å²) in [7, 11) is 1.81. The summed E-state index contributed by atoms with van der Waals surface area (Å²) in [6, 6.07) is 3.73. The van der Waals surface area contributed by atoms with Crippen molar-refractivity contribution in [3.05, 3.63) is 23.7 Å². The van der Waals surface area contributed by atoms with Gasteiger partial charge in [-0.15, -0.1) is 0 Å². The van der Waals surface area contributed by atoms with Crippen LogP contribution in [0, 0.1) is 6.92 Å². The van der Waals surface area contributed by atoms with Crippen LogP contribution in [-0.4, -0.2) is 35.1 Å². The lowest BCUT2D eigenvalue weighted by molar-refractivity contribution is 0.0543. The zero-order valence-corrected chi connectivity index (χ0v) is 10.3. The summed E-state index contributed by atoms with van der Waals surface area (Å²) in [6.45, 7) is 1.83. The van der Waals surface area contributed by atoms with Crippen molar-refractivity contribution in [3.8, 4) is 0 Å². The smallest absolute Gasteiger partial charge is 0.289 e. The van der Waals surface area contributed by atoms with Gasteiger partial charge in [-0.05, 0) is 44.7 Å². The van der Waals surface area contributed by atoms with Crippen molar-refractivity contribution in [1.29, 1.82) is 0 Å². The molecule has 17 heavy (non-hydrogen) atoms. The van der Waals surface area contributed by atoms with Gasteiger partial charge in [-0.1, -0.05) is 0 Å². The predicted octanol–water partition coefficient (Wildman–Crippen LogP) is 1.96. The van der Waals surface area contributed by atoms with Gasteiger partial charge in [0.15, 0.2) is 5.76 Å². The molecule has 1 N–H and O–H groups in total. The van der Waals surface area contributed by atoms with Gasteiger partial charge in [0.1, 0.15) is 5.76 Å². The molecular weight excluding hydrogens is 218 g/mol. The topological polar surface area (TPSA) is 53.7 Å². The van der Waals surface area contributed by atoms with Crippen LogP contribution < -0.4 is 0 Å². The van der Waals surface area contributed by atoms with Crippen molar-refractivity contribution < 1.29 is 14.3 Å². The minimum Gasteiger partial charge on any atom is -0.456 e. The monoisotopic (exact) mass is 237 g/mol. The third kappa shape index (κ3) is 2.69. The Morgan fingerprint density at radius 1 is 1.35 bits per heavy atom. The number of amides is 1. The van der Waals surface area contributed by atoms with Gasteiger partial charge in [-0.2, -0.15) is 0 Å². The molecule has 0 saturated heterocycles. The Labute approximate surface area is 101 Å². The van der Waals surface area contributed by atoms with Gasteiger partial charge in [-0.3, -0.25) is 4.79 Å². The highest BCUT2D eigenvalue weighted by Crippen LogP contribution is 2.23. The molecule has 0 unspecified atom stereocenters. The van der Waals surface area contributed by atoms with Crippen LogP contribution in [0.25, 0.3) is 0 Å². The molecule has 0 radical (unpaired) electrons. The van der Waals surface area contributed by atoms with E-state index < -0.39 is 0 Å². The van der Waals surface area contributed by atoms with Crippen molar-refractivity contribution in [2.45, 2.75) is 44.8 Å². The molecule has 2 rings (SSSR count). The van der Waals surface area contributed by atoms with Crippen LogP contribution in [0.2, 0.25) is 0 Å². The first-order chi connectivity index (χ1) is 8.08. The summed E-state index contributed by atoms with van der Waals surface area (Å²) in [5.74, 6) is 1.08. The van der Waals surface area contributed by atoms with Crippen molar-refractivity contribution in [2.75, 3.05) is 7.05 Å². The number of carbonyl (C=O) groups is 1. The molecule has 1 fully saturated rings. The van der Waals surface area contributed by atoms with E-state index in [0.717, 1.165) is 31.4 Å². The first-order valence-electron chi connectivity index (χ1n) is 6.09. The Kier molecular flexibility index (Phi) is 3.52. The number of hydrogen-bond donors (Lipinski definition) is 1. The van der Waals surface area contributed by atoms with Gasteiger partial charge in [0.25, 0.3) is 5.91 Å². The number of aryl methyl sites for hydroxylation is 1. The Hall–Kier alpha value is -1.29. The van der Waals surface area contributed by atoms with Crippen molar-refractivity contribution in [3.63, 3.8) is 0 Å². The fourth-order valence-corrected chi connectivity index (χ4v) is 2.33. The molecular formula is C13H19NO3. The maximum absolute atomic E-state index is 12.1. The van der Waals surface area contributed by atoms with Crippen LogP contribution in [0.3, 0.4) is 0 Å². The molecule has 1 aliphatic rings. The Balaban J connectivity index is 2.00. The minimum absolute atomic E-state index is 0.0699. The van der Waals surface area contributed by atoms with Crippen LogP contribution in [0.5, 0.6) is 0 Å². The van der Waals surface area contributed by atoms with E-state index in [1.54, 1.807) is 17.0 Å². The maximum atomic E-state index is 12.1. The standard InChI is InChI=1S/C13H19NO3/c1-9-3-8-12(17-9)13(16)14(2)10-4-6-11(15)7-5-10/h3,8,10-11,15H,4-7H2,1-2H3. The van der Waals surface area contributed by atoms with Gasteiger partial charge < -0.3 is 14.4 Å². The van der Waals surface area contributed by atoms with E-state index in [1.165, 1.54) is 0 Å². The van der Waals surface area contributed by atoms with Gasteiger partial charge in [-0.25, -0.2) is 0 Å². The number of aliphatic hydroxyl groups is 1. The van der Waals surface area contributed by atoms with Crippen LogP contribution >= 0.6 is 0 Å². The van der Waals surface area contributed by atoms with Crippen LogP contribution in [0.4, 0.5) is 0 Å². The summed E-state index contributed by atoms with van der Waals surface area (Å²) in [5, 5.41) is 9.45. The molecule has 0 aromatic carbocycles. The Morgan fingerprint density at radius 3 is 2.53 bits per heavy atom. The lowest BCUT2D eigenvalue weighted by atomic mass is 9.92. The second-order valence-corrected chi connectivity index (χ2v) is 4.79. The van der Waals surface area contributed by atoms with E-state index in [-0.39, 0.29) is 18.1 Å². The molecule has 4 heteroatoms. The van der Waals surface area contributed by atoms with Gasteiger partial charge in [0, 0.05) is 13.1 Å². The van der Waals surface area contributed by atoms with Gasteiger partial charge in [0.2, 0.25) is 0 Å². The fraction of sp³-hybridized carbons (Fsp3) is 0.615. The van der Waals surface area contributed by atoms with Crippen LogP contribution in [0.15, 0.2) is 16.5 Å². The third-order valence-electron chi connectivity index (χ3n) is 3.49. The molecule has 0 bridgehead atoms. The highest BCUT2D eigenvalue weighted by molar-refractivity contribution is 5.91. The summed E-state index contributed by atoms with van der Waals surface area (Å²) >= 11 is 0. The number of aliphatic hydroxyl groups excluding tert-OH is 1. The molecule has 1 saturated carbocycles. The Bertz CT molecular complexity index is 391. The molecule has 1 aromatic heterocycles. The molecule has 1 heterocycles. The quantitative estimate of drug-likeness (QED) is 0.855. The molecule has 0 aliphatic heterocycles. The summed E-state index contributed by atoms with van der Waals surface area (Å²) in [4.78, 5) is 13.8. The fourth-order valence-electron chi connectivity index (χ4n) is 2.33. The molecule has 4 nitrogen and oxygen atoms in total. The number of furan rings is 1. The molecule has 1 aliphatic carbocycles. The number of carbonyl (C=O) groups excluding carboxylic acids is 1. The average Bonchev–Trinajstić information content (AvgIpc) is 2.75. The average molecular weight is 237 g/mol.